The number of amides is 1. The zero-order valence-electron chi connectivity index (χ0n) is 4.90. The van der Waals surface area contributed by atoms with Crippen molar-refractivity contribution in [3.05, 3.63) is 4.91 Å². The smallest absolute Gasteiger partial charge is 0.430 e. The van der Waals surface area contributed by atoms with E-state index in [4.69, 9.17) is 5.11 Å². The van der Waals surface area contributed by atoms with Crippen LogP contribution < -0.4 is 0 Å². The molecule has 0 bridgehead atoms. The van der Waals surface area contributed by atoms with Gasteiger partial charge in [0.05, 0.1) is 11.3 Å². The van der Waals surface area contributed by atoms with Gasteiger partial charge in [0, 0.05) is 6.42 Å². The summed E-state index contributed by atoms with van der Waals surface area (Å²) in [6.07, 6.45) is -2.63. The van der Waals surface area contributed by atoms with Crippen molar-refractivity contribution in [1.82, 2.24) is 5.01 Å². The molecule has 1 aliphatic rings. The van der Waals surface area contributed by atoms with Gasteiger partial charge in [0.2, 0.25) is 0 Å². The molecule has 56 valence electrons. The van der Waals surface area contributed by atoms with E-state index in [1.807, 2.05) is 0 Å². The predicted octanol–water partition coefficient (Wildman–Crippen LogP) is 0.758. The van der Waals surface area contributed by atoms with Crippen LogP contribution in [0.15, 0.2) is 5.29 Å². The first-order chi connectivity index (χ1) is 4.66. The van der Waals surface area contributed by atoms with Crippen molar-refractivity contribution < 1.29 is 14.3 Å². The number of carbonyl (C=O) groups is 1. The van der Waals surface area contributed by atoms with E-state index in [9.17, 15) is 14.1 Å². The first-order valence-electron chi connectivity index (χ1n) is 2.66. The highest BCUT2D eigenvalue weighted by Gasteiger charge is 2.46. The fourth-order valence-corrected chi connectivity index (χ4v) is 0.643. The number of nitroso groups, excluding NO2 is 1. The van der Waals surface area contributed by atoms with Crippen LogP contribution in [0.1, 0.15) is 6.42 Å². The molecule has 0 aromatic carbocycles. The van der Waals surface area contributed by atoms with Crippen LogP contribution in [0.4, 0.5) is 9.18 Å². The van der Waals surface area contributed by atoms with Crippen molar-refractivity contribution in [1.29, 1.82) is 0 Å². The van der Waals surface area contributed by atoms with Crippen molar-refractivity contribution in [2.24, 2.45) is 5.29 Å². The van der Waals surface area contributed by atoms with Crippen LogP contribution >= 0.6 is 0 Å². The minimum absolute atomic E-state index is 0.0814. The Hall–Kier alpha value is -1.20. The van der Waals surface area contributed by atoms with Gasteiger partial charge in [-0.2, -0.15) is 5.01 Å². The number of hydrogen-bond acceptors (Lipinski definition) is 3. The number of carboxylic acid groups (broad SMARTS) is 1. The van der Waals surface area contributed by atoms with Crippen molar-refractivity contribution in [3.63, 3.8) is 0 Å². The summed E-state index contributed by atoms with van der Waals surface area (Å²) in [7, 11) is 0. The highest BCUT2D eigenvalue weighted by atomic mass is 19.1. The molecule has 1 saturated carbocycles. The first-order valence-corrected chi connectivity index (χ1v) is 2.66. The summed E-state index contributed by atoms with van der Waals surface area (Å²) >= 11 is 0. The molecule has 0 heterocycles. The van der Waals surface area contributed by atoms with E-state index in [0.717, 1.165) is 0 Å². The van der Waals surface area contributed by atoms with Gasteiger partial charge in [0.25, 0.3) is 0 Å². The standard InChI is InChI=1S/C4H5FN2O3/c5-2-1-3(2)7(6-10)4(8)9/h2-3H,1H2,(H,8,9)/t2-,3-/m0/s1. The lowest BCUT2D eigenvalue weighted by atomic mass is 10.7. The maximum absolute atomic E-state index is 12.1. The molecule has 6 heteroatoms. The molecule has 0 unspecified atom stereocenters. The summed E-state index contributed by atoms with van der Waals surface area (Å²) < 4.78 is 12.1. The van der Waals surface area contributed by atoms with E-state index in [2.05, 4.69) is 5.29 Å². The summed E-state index contributed by atoms with van der Waals surface area (Å²) in [5.41, 5.74) is 0. The summed E-state index contributed by atoms with van der Waals surface area (Å²) in [6.45, 7) is 0. The third kappa shape index (κ3) is 1.04. The molecule has 10 heavy (non-hydrogen) atoms. The van der Waals surface area contributed by atoms with Gasteiger partial charge in [-0.1, -0.05) is 0 Å². The molecule has 0 aromatic rings. The molecule has 1 rings (SSSR count). The molecule has 1 fully saturated rings. The quantitative estimate of drug-likeness (QED) is 0.464. The zero-order chi connectivity index (χ0) is 7.72. The van der Waals surface area contributed by atoms with Crippen molar-refractivity contribution >= 4 is 6.09 Å². The van der Waals surface area contributed by atoms with Crippen LogP contribution in [-0.2, 0) is 0 Å². The molecule has 0 spiro atoms. The van der Waals surface area contributed by atoms with Crippen LogP contribution in [-0.4, -0.2) is 28.4 Å². The van der Waals surface area contributed by atoms with Gasteiger partial charge in [-0.25, -0.2) is 9.18 Å². The molecule has 1 amide bonds. The molecule has 0 aliphatic heterocycles. The van der Waals surface area contributed by atoms with Gasteiger partial charge < -0.3 is 5.11 Å². The van der Waals surface area contributed by atoms with Crippen molar-refractivity contribution in [2.75, 3.05) is 0 Å². The molecule has 1 N–H and O–H groups in total. The number of hydrogen-bond donors (Lipinski definition) is 1. The van der Waals surface area contributed by atoms with E-state index in [0.29, 0.717) is 0 Å². The van der Waals surface area contributed by atoms with E-state index < -0.39 is 18.3 Å². The normalized spacial score (nSPS) is 29.3. The lowest BCUT2D eigenvalue weighted by Crippen LogP contribution is -2.26. The molecule has 0 radical (unpaired) electrons. The van der Waals surface area contributed by atoms with Gasteiger partial charge in [-0.3, -0.25) is 0 Å². The third-order valence-corrected chi connectivity index (χ3v) is 1.28. The third-order valence-electron chi connectivity index (χ3n) is 1.28. The second-order valence-corrected chi connectivity index (χ2v) is 2.03. The van der Waals surface area contributed by atoms with E-state index in [1.54, 1.807) is 0 Å². The van der Waals surface area contributed by atoms with Crippen molar-refractivity contribution in [3.8, 4) is 0 Å². The Labute approximate surface area is 55.4 Å². The lowest BCUT2D eigenvalue weighted by Gasteiger charge is -2.04. The lowest BCUT2D eigenvalue weighted by molar-refractivity contribution is 0.138. The molecule has 0 saturated heterocycles. The first kappa shape index (κ1) is 6.91. The monoisotopic (exact) mass is 148 g/mol. The Kier molecular flexibility index (Phi) is 1.52. The number of halogens is 1. The summed E-state index contributed by atoms with van der Waals surface area (Å²) in [4.78, 5) is 19.7. The van der Waals surface area contributed by atoms with Crippen LogP contribution in [0.2, 0.25) is 0 Å². The summed E-state index contributed by atoms with van der Waals surface area (Å²) in [5, 5.41) is 10.5. The topological polar surface area (TPSA) is 70.0 Å². The molecular weight excluding hydrogens is 143 g/mol. The van der Waals surface area contributed by atoms with E-state index >= 15 is 0 Å². The predicted molar refractivity (Wildman–Crippen MR) is 29.0 cm³/mol. The molecule has 5 nitrogen and oxygen atoms in total. The molecular formula is C4H5FN2O3. The Morgan fingerprint density at radius 2 is 2.30 bits per heavy atom. The van der Waals surface area contributed by atoms with Gasteiger partial charge in [-0.15, -0.1) is 4.91 Å². The van der Waals surface area contributed by atoms with Crippen molar-refractivity contribution in [2.45, 2.75) is 18.6 Å². The number of rotatable bonds is 2. The fourth-order valence-electron chi connectivity index (χ4n) is 0.643. The second kappa shape index (κ2) is 2.20. The highest BCUT2D eigenvalue weighted by molar-refractivity contribution is 5.65. The molecule has 1 aliphatic carbocycles. The summed E-state index contributed by atoms with van der Waals surface area (Å²) in [5.74, 6) is 0. The number of nitrogens with zero attached hydrogens (tertiary/aromatic N) is 2. The van der Waals surface area contributed by atoms with Crippen LogP contribution in [0.5, 0.6) is 0 Å². The summed E-state index contributed by atoms with van der Waals surface area (Å²) in [6, 6.07) is -0.838. The maximum Gasteiger partial charge on any atom is 0.430 e. The van der Waals surface area contributed by atoms with E-state index in [-0.39, 0.29) is 11.4 Å². The average Bonchev–Trinajstić information content (AvgIpc) is 2.48. The van der Waals surface area contributed by atoms with E-state index in [1.165, 1.54) is 0 Å². The number of alkyl halides is 1. The highest BCUT2D eigenvalue weighted by Crippen LogP contribution is 2.31. The molecule has 0 aromatic heterocycles. The average molecular weight is 148 g/mol. The largest absolute Gasteiger partial charge is 0.464 e. The Morgan fingerprint density at radius 3 is 2.40 bits per heavy atom. The Morgan fingerprint density at radius 1 is 1.80 bits per heavy atom. The minimum atomic E-state index is -1.50. The Balaban J connectivity index is 2.50. The molecule has 2 atom stereocenters. The fraction of sp³-hybridized carbons (Fsp3) is 0.750. The van der Waals surface area contributed by atoms with Gasteiger partial charge >= 0.3 is 6.09 Å². The second-order valence-electron chi connectivity index (χ2n) is 2.03. The SMILES string of the molecule is O=NN(C(=O)O)[C@H]1C[C@@H]1F. The van der Waals surface area contributed by atoms with Gasteiger partial charge in [0.1, 0.15) is 6.17 Å². The van der Waals surface area contributed by atoms with Crippen LogP contribution in [0.3, 0.4) is 0 Å². The zero-order valence-corrected chi connectivity index (χ0v) is 4.90. The Bertz CT molecular complexity index is 174. The van der Waals surface area contributed by atoms with Gasteiger partial charge in [0.15, 0.2) is 0 Å². The maximum atomic E-state index is 12.1. The minimum Gasteiger partial charge on any atom is -0.464 e. The van der Waals surface area contributed by atoms with Crippen LogP contribution in [0, 0.1) is 4.91 Å². The van der Waals surface area contributed by atoms with Crippen LogP contribution in [0.25, 0.3) is 0 Å². The van der Waals surface area contributed by atoms with Gasteiger partial charge in [-0.05, 0) is 0 Å².